The third kappa shape index (κ3) is 3.59. The average Bonchev–Trinajstić information content (AvgIpc) is 2.81. The van der Waals surface area contributed by atoms with E-state index in [1.165, 1.54) is 44.3 Å². The molecule has 0 saturated heterocycles. The first-order valence-corrected chi connectivity index (χ1v) is 7.85. The number of nitrogens with one attached hydrogen (secondary N) is 1. The molecule has 1 aliphatic carbocycles. The third-order valence-corrected chi connectivity index (χ3v) is 4.87. The molecule has 1 fully saturated rings. The highest BCUT2D eigenvalue weighted by atomic mass is 15.0. The lowest BCUT2D eigenvalue weighted by molar-refractivity contribution is 0.138. The summed E-state index contributed by atoms with van der Waals surface area (Å²) in [5, 5.41) is 3.74. The topological polar surface area (TPSA) is 29.9 Å². The zero-order valence-corrected chi connectivity index (χ0v) is 12.8. The van der Waals surface area contributed by atoms with E-state index in [-0.39, 0.29) is 0 Å². The summed E-state index contributed by atoms with van der Waals surface area (Å²) in [6, 6.07) is 0.634. The number of imidazole rings is 1. The molecule has 1 aliphatic rings. The van der Waals surface area contributed by atoms with Gasteiger partial charge in [-0.3, -0.25) is 0 Å². The second kappa shape index (κ2) is 6.56. The van der Waals surface area contributed by atoms with Gasteiger partial charge in [-0.1, -0.05) is 33.1 Å². The maximum atomic E-state index is 4.45. The van der Waals surface area contributed by atoms with E-state index in [9.17, 15) is 0 Å². The molecule has 108 valence electrons. The van der Waals surface area contributed by atoms with Crippen molar-refractivity contribution >= 4 is 0 Å². The summed E-state index contributed by atoms with van der Waals surface area (Å²) >= 11 is 0. The molecule has 0 amide bonds. The lowest BCUT2D eigenvalue weighted by Crippen LogP contribution is -2.45. The van der Waals surface area contributed by atoms with Gasteiger partial charge >= 0.3 is 0 Å². The Hall–Kier alpha value is -0.830. The average molecular weight is 263 g/mol. The summed E-state index contributed by atoms with van der Waals surface area (Å²) in [4.78, 5) is 4.45. The lowest BCUT2D eigenvalue weighted by Gasteiger charge is -2.41. The summed E-state index contributed by atoms with van der Waals surface area (Å²) < 4.78 is 2.15. The number of rotatable bonds is 6. The maximum Gasteiger partial charge on any atom is 0.108 e. The van der Waals surface area contributed by atoms with Crippen molar-refractivity contribution in [1.29, 1.82) is 0 Å². The molecule has 1 atom stereocenters. The highest BCUT2D eigenvalue weighted by Gasteiger charge is 2.34. The summed E-state index contributed by atoms with van der Waals surface area (Å²) in [6.45, 7) is 5.78. The van der Waals surface area contributed by atoms with Crippen LogP contribution in [0.4, 0.5) is 0 Å². The molecule has 3 nitrogen and oxygen atoms in total. The van der Waals surface area contributed by atoms with Crippen LogP contribution in [0.5, 0.6) is 0 Å². The van der Waals surface area contributed by atoms with Gasteiger partial charge < -0.3 is 9.88 Å². The second-order valence-electron chi connectivity index (χ2n) is 6.32. The van der Waals surface area contributed by atoms with Crippen molar-refractivity contribution in [3.63, 3.8) is 0 Å². The SMILES string of the molecule is CCNC(CCc1nccn1C)C1(C)CCCCC1. The van der Waals surface area contributed by atoms with E-state index in [0.29, 0.717) is 11.5 Å². The minimum atomic E-state index is 0.486. The van der Waals surface area contributed by atoms with Gasteiger partial charge in [0.25, 0.3) is 0 Å². The normalized spacial score (nSPS) is 20.4. The Labute approximate surface area is 117 Å². The Morgan fingerprint density at radius 2 is 2.11 bits per heavy atom. The van der Waals surface area contributed by atoms with Crippen molar-refractivity contribution in [2.24, 2.45) is 12.5 Å². The van der Waals surface area contributed by atoms with Crippen LogP contribution in [0.1, 0.15) is 58.2 Å². The lowest BCUT2D eigenvalue weighted by atomic mass is 9.69. The largest absolute Gasteiger partial charge is 0.338 e. The first-order chi connectivity index (χ1) is 9.15. The van der Waals surface area contributed by atoms with E-state index in [4.69, 9.17) is 0 Å². The number of hydrogen-bond acceptors (Lipinski definition) is 2. The van der Waals surface area contributed by atoms with E-state index in [0.717, 1.165) is 13.0 Å². The molecule has 19 heavy (non-hydrogen) atoms. The van der Waals surface area contributed by atoms with Crippen LogP contribution in [0.2, 0.25) is 0 Å². The van der Waals surface area contributed by atoms with Crippen LogP contribution in [-0.2, 0) is 13.5 Å². The highest BCUT2D eigenvalue weighted by molar-refractivity contribution is 4.96. The highest BCUT2D eigenvalue weighted by Crippen LogP contribution is 2.40. The van der Waals surface area contributed by atoms with Gasteiger partial charge in [0.2, 0.25) is 0 Å². The number of aromatic nitrogens is 2. The minimum absolute atomic E-state index is 0.486. The van der Waals surface area contributed by atoms with Gasteiger partial charge in [0, 0.05) is 31.9 Å². The quantitative estimate of drug-likeness (QED) is 0.853. The molecule has 2 rings (SSSR count). The van der Waals surface area contributed by atoms with Crippen molar-refractivity contribution in [2.45, 2.75) is 64.8 Å². The molecule has 0 aromatic carbocycles. The van der Waals surface area contributed by atoms with Crippen molar-refractivity contribution in [2.75, 3.05) is 6.54 Å². The standard InChI is InChI=1S/C16H29N3/c1-4-17-14(16(2)10-6-5-7-11-16)8-9-15-18-12-13-19(15)3/h12-14,17H,4-11H2,1-3H3. The predicted octanol–water partition coefficient (Wildman–Crippen LogP) is 3.30. The number of nitrogens with zero attached hydrogens (tertiary/aromatic N) is 2. The first kappa shape index (κ1) is 14.6. The molecule has 1 aromatic heterocycles. The van der Waals surface area contributed by atoms with Gasteiger partial charge in [-0.25, -0.2) is 4.98 Å². The predicted molar refractivity (Wildman–Crippen MR) is 80.2 cm³/mol. The fourth-order valence-electron chi connectivity index (χ4n) is 3.56. The van der Waals surface area contributed by atoms with Crippen molar-refractivity contribution in [3.8, 4) is 0 Å². The van der Waals surface area contributed by atoms with Gasteiger partial charge in [0.15, 0.2) is 0 Å². The van der Waals surface area contributed by atoms with Gasteiger partial charge in [-0.2, -0.15) is 0 Å². The summed E-state index contributed by atoms with van der Waals surface area (Å²) in [6.07, 6.45) is 13.2. The molecule has 1 N–H and O–H groups in total. The van der Waals surface area contributed by atoms with Gasteiger partial charge in [-0.15, -0.1) is 0 Å². The molecular formula is C16H29N3. The molecule has 0 aliphatic heterocycles. The van der Waals surface area contributed by atoms with Gasteiger partial charge in [0.1, 0.15) is 5.82 Å². The van der Waals surface area contributed by atoms with Crippen LogP contribution in [0.15, 0.2) is 12.4 Å². The molecule has 0 bridgehead atoms. The summed E-state index contributed by atoms with van der Waals surface area (Å²) in [7, 11) is 2.09. The van der Waals surface area contributed by atoms with E-state index in [2.05, 4.69) is 35.8 Å². The van der Waals surface area contributed by atoms with Crippen molar-refractivity contribution in [1.82, 2.24) is 14.9 Å². The number of aryl methyl sites for hydroxylation is 2. The minimum Gasteiger partial charge on any atom is -0.338 e. The van der Waals surface area contributed by atoms with Crippen LogP contribution in [0.3, 0.4) is 0 Å². The Balaban J connectivity index is 1.97. The number of hydrogen-bond donors (Lipinski definition) is 1. The van der Waals surface area contributed by atoms with E-state index >= 15 is 0 Å². The molecule has 3 heteroatoms. The fraction of sp³-hybridized carbons (Fsp3) is 0.812. The van der Waals surface area contributed by atoms with Crippen molar-refractivity contribution < 1.29 is 0 Å². The van der Waals surface area contributed by atoms with Crippen LogP contribution < -0.4 is 5.32 Å². The summed E-state index contributed by atoms with van der Waals surface area (Å²) in [5.41, 5.74) is 0.486. The molecular weight excluding hydrogens is 234 g/mol. The molecule has 1 unspecified atom stereocenters. The fourth-order valence-corrected chi connectivity index (χ4v) is 3.56. The second-order valence-corrected chi connectivity index (χ2v) is 6.32. The third-order valence-electron chi connectivity index (χ3n) is 4.87. The Morgan fingerprint density at radius 3 is 2.68 bits per heavy atom. The van der Waals surface area contributed by atoms with Crippen LogP contribution in [0, 0.1) is 5.41 Å². The molecule has 0 spiro atoms. The zero-order chi connectivity index (χ0) is 13.7. The Kier molecular flexibility index (Phi) is 5.03. The molecule has 0 radical (unpaired) electrons. The van der Waals surface area contributed by atoms with E-state index < -0.39 is 0 Å². The molecule has 1 saturated carbocycles. The monoisotopic (exact) mass is 263 g/mol. The van der Waals surface area contributed by atoms with Crippen LogP contribution in [-0.4, -0.2) is 22.1 Å². The Bertz CT molecular complexity index is 377. The zero-order valence-electron chi connectivity index (χ0n) is 12.8. The maximum absolute atomic E-state index is 4.45. The smallest absolute Gasteiger partial charge is 0.108 e. The first-order valence-electron chi connectivity index (χ1n) is 7.85. The van der Waals surface area contributed by atoms with Crippen molar-refractivity contribution in [3.05, 3.63) is 18.2 Å². The van der Waals surface area contributed by atoms with E-state index in [1.54, 1.807) is 0 Å². The summed E-state index contributed by atoms with van der Waals surface area (Å²) in [5.74, 6) is 1.21. The Morgan fingerprint density at radius 1 is 1.37 bits per heavy atom. The van der Waals surface area contributed by atoms with E-state index in [1.807, 2.05) is 12.4 Å². The van der Waals surface area contributed by atoms with Crippen LogP contribution >= 0.6 is 0 Å². The molecule has 1 aromatic rings. The van der Waals surface area contributed by atoms with Crippen LogP contribution in [0.25, 0.3) is 0 Å². The molecule has 1 heterocycles. The van der Waals surface area contributed by atoms with Gasteiger partial charge in [-0.05, 0) is 31.2 Å². The van der Waals surface area contributed by atoms with Gasteiger partial charge in [0.05, 0.1) is 0 Å².